The number of hydrogen-bond acceptors (Lipinski definition) is 6. The van der Waals surface area contributed by atoms with Gasteiger partial charge in [-0.25, -0.2) is 4.79 Å². The Kier molecular flexibility index (Phi) is 7.70. The van der Waals surface area contributed by atoms with Crippen LogP contribution in [0.5, 0.6) is 5.75 Å². The number of carboxylic acid groups (broad SMARTS) is 1. The van der Waals surface area contributed by atoms with Crippen LogP contribution in [0.3, 0.4) is 0 Å². The molecule has 3 aliphatic rings. The third-order valence-corrected chi connectivity index (χ3v) is 6.88. The molecule has 2 fully saturated rings. The molecule has 4 rings (SSSR count). The van der Waals surface area contributed by atoms with Gasteiger partial charge in [0.15, 0.2) is 0 Å². The summed E-state index contributed by atoms with van der Waals surface area (Å²) < 4.78 is 5.46. The van der Waals surface area contributed by atoms with Crippen molar-refractivity contribution in [2.75, 3.05) is 19.6 Å². The van der Waals surface area contributed by atoms with Gasteiger partial charge in [0.05, 0.1) is 11.5 Å². The second-order valence-corrected chi connectivity index (χ2v) is 9.51. The Hall–Kier alpha value is -2.10. The average molecular weight is 443 g/mol. The maximum atomic E-state index is 12.6. The lowest BCUT2D eigenvalue weighted by atomic mass is 9.72. The normalized spacial score (nSPS) is 25.0. The molecule has 0 bridgehead atoms. The largest absolute Gasteiger partial charge is 0.547 e. The minimum Gasteiger partial charge on any atom is -0.534 e. The van der Waals surface area contributed by atoms with Crippen molar-refractivity contribution in [3.63, 3.8) is 0 Å². The van der Waals surface area contributed by atoms with Gasteiger partial charge in [-0.2, -0.15) is 0 Å². The summed E-state index contributed by atoms with van der Waals surface area (Å²) in [4.78, 5) is 24.0. The Balaban J connectivity index is 1.17. The van der Waals surface area contributed by atoms with E-state index in [2.05, 4.69) is 16.0 Å². The molecule has 0 spiro atoms. The number of aromatic carboxylic acids is 1. The van der Waals surface area contributed by atoms with E-state index >= 15 is 0 Å². The van der Waals surface area contributed by atoms with Gasteiger partial charge in [-0.3, -0.25) is 4.79 Å². The fourth-order valence-corrected chi connectivity index (χ4v) is 4.81. The van der Waals surface area contributed by atoms with Gasteiger partial charge >= 0.3 is 13.1 Å². The maximum absolute atomic E-state index is 12.6. The first-order chi connectivity index (χ1) is 15.5. The summed E-state index contributed by atoms with van der Waals surface area (Å²) in [5, 5.41) is 29.6. The topological polar surface area (TPSA) is 120 Å². The Bertz CT molecular complexity index is 811. The molecule has 1 atom stereocenters. The number of benzene rings is 1. The number of nitrogens with one attached hydrogen (secondary N) is 3. The summed E-state index contributed by atoms with van der Waals surface area (Å²) in [5.74, 6) is -0.317. The molecule has 8 nitrogen and oxygen atoms in total. The van der Waals surface area contributed by atoms with E-state index in [0.717, 1.165) is 51.2 Å². The highest BCUT2D eigenvalue weighted by Crippen LogP contribution is 2.31. The Morgan fingerprint density at radius 3 is 2.53 bits per heavy atom. The number of rotatable bonds is 10. The number of amides is 1. The molecule has 1 aromatic rings. The predicted octanol–water partition coefficient (Wildman–Crippen LogP) is 1.36. The molecule has 2 aliphatic carbocycles. The van der Waals surface area contributed by atoms with Crippen LogP contribution in [-0.4, -0.2) is 60.7 Å². The molecule has 1 amide bonds. The SMILES string of the molecule is O=C(CC1CCC(NCCNCC2CC2)CC1)NC1Cc2cccc(C(=O)O)c2OB1O. The summed E-state index contributed by atoms with van der Waals surface area (Å²) in [6.45, 7) is 3.16. The second kappa shape index (κ2) is 10.7. The monoisotopic (exact) mass is 443 g/mol. The Labute approximate surface area is 189 Å². The minimum absolute atomic E-state index is 0.0235. The van der Waals surface area contributed by atoms with Crippen LogP contribution in [0.1, 0.15) is 60.9 Å². The predicted molar refractivity (Wildman–Crippen MR) is 122 cm³/mol. The van der Waals surface area contributed by atoms with Crippen molar-refractivity contribution in [2.24, 2.45) is 11.8 Å². The highest BCUT2D eigenvalue weighted by atomic mass is 16.5. The lowest BCUT2D eigenvalue weighted by Crippen LogP contribution is -2.53. The molecule has 1 heterocycles. The zero-order chi connectivity index (χ0) is 22.5. The van der Waals surface area contributed by atoms with Crippen LogP contribution in [0.2, 0.25) is 0 Å². The number of carboxylic acids is 1. The van der Waals surface area contributed by atoms with Crippen molar-refractivity contribution >= 4 is 19.0 Å². The number of carbonyl (C=O) groups is 2. The third kappa shape index (κ3) is 6.24. The van der Waals surface area contributed by atoms with Crippen molar-refractivity contribution in [2.45, 2.75) is 63.3 Å². The van der Waals surface area contributed by atoms with E-state index in [1.165, 1.54) is 18.9 Å². The number of hydrogen-bond donors (Lipinski definition) is 5. The summed E-state index contributed by atoms with van der Waals surface area (Å²) in [6, 6.07) is 5.40. The molecule has 32 heavy (non-hydrogen) atoms. The fraction of sp³-hybridized carbons (Fsp3) is 0.652. The van der Waals surface area contributed by atoms with Crippen LogP contribution < -0.4 is 20.6 Å². The fourth-order valence-electron chi connectivity index (χ4n) is 4.81. The van der Waals surface area contributed by atoms with Gasteiger partial charge in [0.1, 0.15) is 5.75 Å². The molecule has 1 aliphatic heterocycles. The molecule has 5 N–H and O–H groups in total. The standard InChI is InChI=1S/C23H34BN3O5/c28-21(12-15-6-8-18(9-7-15)26-11-10-25-14-16-4-5-16)27-20-13-17-2-1-3-19(23(29)30)22(17)32-24(20)31/h1-3,15-16,18,20,25-26,31H,4-14H2,(H,27,28)(H,29,30). The lowest BCUT2D eigenvalue weighted by molar-refractivity contribution is -0.122. The van der Waals surface area contributed by atoms with E-state index in [1.54, 1.807) is 12.1 Å². The summed E-state index contributed by atoms with van der Waals surface area (Å²) in [5.41, 5.74) is 0.703. The smallest absolute Gasteiger partial charge is 0.534 e. The van der Waals surface area contributed by atoms with Gasteiger partial charge in [-0.1, -0.05) is 12.1 Å². The quantitative estimate of drug-likeness (QED) is 0.274. The van der Waals surface area contributed by atoms with Crippen LogP contribution in [0.25, 0.3) is 0 Å². The van der Waals surface area contributed by atoms with E-state index < -0.39 is 19.0 Å². The molecule has 174 valence electrons. The van der Waals surface area contributed by atoms with Gasteiger partial charge in [0, 0.05) is 25.6 Å². The second-order valence-electron chi connectivity index (χ2n) is 9.51. The maximum Gasteiger partial charge on any atom is 0.547 e. The first-order valence-corrected chi connectivity index (χ1v) is 11.9. The van der Waals surface area contributed by atoms with Crippen LogP contribution in [0.4, 0.5) is 0 Å². The van der Waals surface area contributed by atoms with E-state index in [-0.39, 0.29) is 17.2 Å². The van der Waals surface area contributed by atoms with E-state index in [0.29, 0.717) is 30.4 Å². The van der Waals surface area contributed by atoms with E-state index in [9.17, 15) is 19.7 Å². The molecule has 2 saturated carbocycles. The van der Waals surface area contributed by atoms with Crippen LogP contribution >= 0.6 is 0 Å². The molecule has 0 saturated heterocycles. The van der Waals surface area contributed by atoms with Gasteiger partial charge < -0.3 is 30.7 Å². The average Bonchev–Trinajstić information content (AvgIpc) is 3.59. The van der Waals surface area contributed by atoms with Gasteiger partial charge in [0.2, 0.25) is 5.91 Å². The molecule has 9 heteroatoms. The summed E-state index contributed by atoms with van der Waals surface area (Å²) >= 11 is 0. The van der Waals surface area contributed by atoms with Crippen LogP contribution in [0.15, 0.2) is 18.2 Å². The van der Waals surface area contributed by atoms with Gasteiger partial charge in [-0.15, -0.1) is 0 Å². The molecule has 1 unspecified atom stereocenters. The molecular weight excluding hydrogens is 409 g/mol. The molecule has 0 radical (unpaired) electrons. The van der Waals surface area contributed by atoms with Crippen molar-refractivity contribution in [1.29, 1.82) is 0 Å². The number of para-hydroxylation sites is 1. The van der Waals surface area contributed by atoms with Gasteiger partial charge in [0.25, 0.3) is 0 Å². The lowest BCUT2D eigenvalue weighted by Gasteiger charge is -2.31. The first-order valence-electron chi connectivity index (χ1n) is 11.9. The van der Waals surface area contributed by atoms with Crippen molar-refractivity contribution in [3.05, 3.63) is 29.3 Å². The Morgan fingerprint density at radius 1 is 1.06 bits per heavy atom. The van der Waals surface area contributed by atoms with Crippen LogP contribution in [0, 0.1) is 11.8 Å². The highest BCUT2D eigenvalue weighted by Gasteiger charge is 2.38. The number of carbonyl (C=O) groups excluding carboxylic acids is 1. The summed E-state index contributed by atoms with van der Waals surface area (Å²) in [7, 11) is -1.26. The van der Waals surface area contributed by atoms with Crippen molar-refractivity contribution < 1.29 is 24.4 Å². The Morgan fingerprint density at radius 2 is 1.81 bits per heavy atom. The zero-order valence-corrected chi connectivity index (χ0v) is 18.5. The highest BCUT2D eigenvalue weighted by molar-refractivity contribution is 6.47. The molecular formula is C23H34BN3O5. The third-order valence-electron chi connectivity index (χ3n) is 6.88. The van der Waals surface area contributed by atoms with Crippen molar-refractivity contribution in [1.82, 2.24) is 16.0 Å². The number of fused-ring (bicyclic) bond motifs is 1. The van der Waals surface area contributed by atoms with Crippen LogP contribution in [-0.2, 0) is 11.2 Å². The zero-order valence-electron chi connectivity index (χ0n) is 18.5. The minimum atomic E-state index is -1.26. The van der Waals surface area contributed by atoms with E-state index in [1.807, 2.05) is 0 Å². The molecule has 1 aromatic carbocycles. The van der Waals surface area contributed by atoms with Gasteiger partial charge in [-0.05, 0) is 75.0 Å². The van der Waals surface area contributed by atoms with Crippen molar-refractivity contribution in [3.8, 4) is 5.75 Å². The van der Waals surface area contributed by atoms with E-state index in [4.69, 9.17) is 4.65 Å². The first kappa shape index (κ1) is 23.1. The molecule has 0 aromatic heterocycles. The summed E-state index contributed by atoms with van der Waals surface area (Å²) in [6.07, 6.45) is 7.76.